The lowest BCUT2D eigenvalue weighted by Gasteiger charge is -2.24. The number of hydrogen-bond acceptors (Lipinski definition) is 4. The molecule has 6 rings (SSSR count). The molecule has 36 heavy (non-hydrogen) atoms. The van der Waals surface area contributed by atoms with Gasteiger partial charge in [-0.25, -0.2) is 4.68 Å². The monoisotopic (exact) mass is 533 g/mol. The highest BCUT2D eigenvalue weighted by Crippen LogP contribution is 2.43. The highest BCUT2D eigenvalue weighted by Gasteiger charge is 2.36. The van der Waals surface area contributed by atoms with E-state index in [0.29, 0.717) is 34.5 Å². The highest BCUT2D eigenvalue weighted by molar-refractivity contribution is 8.00. The topological polar surface area (TPSA) is 51.3 Å². The van der Waals surface area contributed by atoms with Crippen molar-refractivity contribution in [3.63, 3.8) is 0 Å². The van der Waals surface area contributed by atoms with Crippen LogP contribution >= 0.6 is 35.0 Å². The number of halogens is 2. The average molecular weight is 534 g/mol. The summed E-state index contributed by atoms with van der Waals surface area (Å²) in [4.78, 5) is 14.9. The lowest BCUT2D eigenvalue weighted by molar-refractivity contribution is -0.128. The number of thioether (sulfide) groups is 1. The fourth-order valence-corrected chi connectivity index (χ4v) is 6.21. The molecule has 180 valence electrons. The van der Waals surface area contributed by atoms with Crippen LogP contribution in [0.4, 0.5) is 0 Å². The highest BCUT2D eigenvalue weighted by atomic mass is 35.5. The number of aromatic nitrogens is 2. The van der Waals surface area contributed by atoms with Crippen LogP contribution in [0.25, 0.3) is 28.1 Å². The molecule has 8 heteroatoms. The van der Waals surface area contributed by atoms with Crippen LogP contribution in [0.2, 0.25) is 10.0 Å². The minimum Gasteiger partial charge on any atom is -0.454 e. The van der Waals surface area contributed by atoms with Gasteiger partial charge < -0.3 is 9.32 Å². The summed E-state index contributed by atoms with van der Waals surface area (Å²) in [5.41, 5.74) is 4.38. The zero-order valence-corrected chi connectivity index (χ0v) is 21.4. The molecule has 0 bridgehead atoms. The Bertz CT molecular complexity index is 1530. The zero-order chi connectivity index (χ0) is 24.6. The van der Waals surface area contributed by atoms with Gasteiger partial charge in [-0.1, -0.05) is 65.7 Å². The largest absolute Gasteiger partial charge is 0.454 e. The SMILES string of the molecule is O=C1CSC(c2cn(-c3ccccc3)nc2-c2cc3ccccc3o2)N1CCc1ccc(Cl)cc1Cl. The molecule has 0 saturated carbocycles. The van der Waals surface area contributed by atoms with Crippen molar-refractivity contribution in [2.75, 3.05) is 12.3 Å². The Morgan fingerprint density at radius 2 is 1.81 bits per heavy atom. The first-order valence-corrected chi connectivity index (χ1v) is 13.4. The predicted molar refractivity (Wildman–Crippen MR) is 146 cm³/mol. The van der Waals surface area contributed by atoms with E-state index < -0.39 is 0 Å². The van der Waals surface area contributed by atoms with Crippen LogP contribution in [0, 0.1) is 0 Å². The molecule has 1 atom stereocenters. The van der Waals surface area contributed by atoms with Gasteiger partial charge in [0.1, 0.15) is 16.7 Å². The molecule has 1 fully saturated rings. The molecule has 5 nitrogen and oxygen atoms in total. The molecule has 0 aliphatic carbocycles. The van der Waals surface area contributed by atoms with E-state index in [9.17, 15) is 4.79 Å². The fourth-order valence-electron chi connectivity index (χ4n) is 4.49. The second kappa shape index (κ2) is 9.69. The molecule has 1 unspecified atom stereocenters. The Morgan fingerprint density at radius 1 is 1.00 bits per heavy atom. The molecule has 0 radical (unpaired) electrons. The Morgan fingerprint density at radius 3 is 2.61 bits per heavy atom. The summed E-state index contributed by atoms with van der Waals surface area (Å²) >= 11 is 14.1. The minimum atomic E-state index is -0.191. The van der Waals surface area contributed by atoms with Gasteiger partial charge >= 0.3 is 0 Å². The van der Waals surface area contributed by atoms with Gasteiger partial charge in [0, 0.05) is 33.7 Å². The van der Waals surface area contributed by atoms with Gasteiger partial charge in [0.15, 0.2) is 5.76 Å². The molecule has 3 aromatic carbocycles. The maximum Gasteiger partial charge on any atom is 0.233 e. The van der Waals surface area contributed by atoms with Crippen molar-refractivity contribution in [3.8, 4) is 17.1 Å². The van der Waals surface area contributed by atoms with E-state index in [1.807, 2.05) is 88.6 Å². The van der Waals surface area contributed by atoms with Crippen LogP contribution in [0.15, 0.2) is 89.5 Å². The number of carbonyl (C=O) groups excluding carboxylic acids is 1. The van der Waals surface area contributed by atoms with E-state index in [0.717, 1.165) is 33.5 Å². The summed E-state index contributed by atoms with van der Waals surface area (Å²) in [5.74, 6) is 1.19. The molecule has 3 heterocycles. The number of fused-ring (bicyclic) bond motifs is 1. The molecular formula is C28H21Cl2N3O2S. The van der Waals surface area contributed by atoms with Gasteiger partial charge in [-0.05, 0) is 48.4 Å². The molecule has 5 aromatic rings. The van der Waals surface area contributed by atoms with Crippen molar-refractivity contribution in [3.05, 3.63) is 106 Å². The van der Waals surface area contributed by atoms with E-state index >= 15 is 0 Å². The van der Waals surface area contributed by atoms with E-state index in [2.05, 4.69) is 0 Å². The Kier molecular flexibility index (Phi) is 6.25. The van der Waals surface area contributed by atoms with Gasteiger partial charge in [0.2, 0.25) is 5.91 Å². The number of hydrogen-bond donors (Lipinski definition) is 0. The van der Waals surface area contributed by atoms with Crippen LogP contribution in [0.5, 0.6) is 0 Å². The van der Waals surface area contributed by atoms with Gasteiger partial charge in [0.05, 0.1) is 11.4 Å². The number of amides is 1. The average Bonchev–Trinajstić information content (AvgIpc) is 3.60. The minimum absolute atomic E-state index is 0.0955. The normalized spacial score (nSPS) is 15.8. The fraction of sp³-hybridized carbons (Fsp3) is 0.143. The van der Waals surface area contributed by atoms with Gasteiger partial charge in [-0.3, -0.25) is 4.79 Å². The number of benzene rings is 3. The van der Waals surface area contributed by atoms with Crippen molar-refractivity contribution in [2.45, 2.75) is 11.8 Å². The molecule has 0 spiro atoms. The molecule has 2 aromatic heterocycles. The number of rotatable bonds is 6. The molecule has 1 amide bonds. The summed E-state index contributed by atoms with van der Waals surface area (Å²) in [5, 5.41) is 6.95. The van der Waals surface area contributed by atoms with E-state index in [1.54, 1.807) is 17.8 Å². The number of carbonyl (C=O) groups is 1. The third kappa shape index (κ3) is 4.41. The summed E-state index contributed by atoms with van der Waals surface area (Å²) in [6.07, 6.45) is 2.64. The standard InChI is InChI=1S/C28H21Cl2N3O2S/c29-20-11-10-18(23(30)15-20)12-13-32-26(34)17-36-28(32)22-16-33(21-7-2-1-3-8-21)31-27(22)25-14-19-6-4-5-9-24(19)35-25/h1-11,14-16,28H,12-13,17H2. The van der Waals surface area contributed by atoms with Gasteiger partial charge in [0.25, 0.3) is 0 Å². The summed E-state index contributed by atoms with van der Waals surface area (Å²) in [6, 6.07) is 25.3. The van der Waals surface area contributed by atoms with Crippen molar-refractivity contribution in [1.82, 2.24) is 14.7 Å². The van der Waals surface area contributed by atoms with Crippen molar-refractivity contribution >= 4 is 51.8 Å². The third-order valence-electron chi connectivity index (χ3n) is 6.29. The Balaban J connectivity index is 1.39. The zero-order valence-electron chi connectivity index (χ0n) is 19.1. The number of nitrogens with zero attached hydrogens (tertiary/aromatic N) is 3. The second-order valence-corrected chi connectivity index (χ2v) is 10.5. The lowest BCUT2D eigenvalue weighted by atomic mass is 10.1. The second-order valence-electron chi connectivity index (χ2n) is 8.60. The smallest absolute Gasteiger partial charge is 0.233 e. The van der Waals surface area contributed by atoms with Crippen molar-refractivity contribution in [1.29, 1.82) is 0 Å². The van der Waals surface area contributed by atoms with Crippen molar-refractivity contribution < 1.29 is 9.21 Å². The first-order valence-electron chi connectivity index (χ1n) is 11.6. The van der Waals surface area contributed by atoms with Crippen molar-refractivity contribution in [2.24, 2.45) is 0 Å². The summed E-state index contributed by atoms with van der Waals surface area (Å²) in [6.45, 7) is 0.536. The van der Waals surface area contributed by atoms with Crippen LogP contribution in [0.1, 0.15) is 16.5 Å². The van der Waals surface area contributed by atoms with Gasteiger partial charge in [-0.2, -0.15) is 5.10 Å². The van der Waals surface area contributed by atoms with E-state index in [1.165, 1.54) is 0 Å². The first kappa shape index (κ1) is 23.2. The quantitative estimate of drug-likeness (QED) is 0.228. The van der Waals surface area contributed by atoms with Crippen LogP contribution in [0.3, 0.4) is 0 Å². The molecule has 1 aliphatic heterocycles. The molecule has 1 aliphatic rings. The summed E-state index contributed by atoms with van der Waals surface area (Å²) < 4.78 is 8.06. The third-order valence-corrected chi connectivity index (χ3v) is 8.12. The van der Waals surface area contributed by atoms with E-state index in [-0.39, 0.29) is 11.3 Å². The number of para-hydroxylation sites is 2. The predicted octanol–water partition coefficient (Wildman–Crippen LogP) is 7.41. The Hall–Kier alpha value is -3.19. The molecular weight excluding hydrogens is 513 g/mol. The Labute approximate surface area is 222 Å². The van der Waals surface area contributed by atoms with Crippen LogP contribution in [-0.4, -0.2) is 32.9 Å². The first-order chi connectivity index (χ1) is 17.6. The summed E-state index contributed by atoms with van der Waals surface area (Å²) in [7, 11) is 0. The van der Waals surface area contributed by atoms with Gasteiger partial charge in [-0.15, -0.1) is 11.8 Å². The maximum absolute atomic E-state index is 13.0. The maximum atomic E-state index is 13.0. The number of furan rings is 1. The lowest BCUT2D eigenvalue weighted by Crippen LogP contribution is -2.30. The molecule has 0 N–H and O–H groups in total. The van der Waals surface area contributed by atoms with Crippen LogP contribution < -0.4 is 0 Å². The van der Waals surface area contributed by atoms with E-state index in [4.69, 9.17) is 32.7 Å². The van der Waals surface area contributed by atoms with Crippen LogP contribution in [-0.2, 0) is 11.2 Å². The molecule has 1 saturated heterocycles.